The third-order valence-corrected chi connectivity index (χ3v) is 8.29. The molecule has 1 amide bonds. The van der Waals surface area contributed by atoms with Gasteiger partial charge in [0.25, 0.3) is 10.0 Å². The molecule has 0 spiro atoms. The summed E-state index contributed by atoms with van der Waals surface area (Å²) in [5.74, 6) is 1.87. The van der Waals surface area contributed by atoms with Crippen molar-refractivity contribution in [3.63, 3.8) is 0 Å². The van der Waals surface area contributed by atoms with E-state index >= 15 is 0 Å². The highest BCUT2D eigenvalue weighted by Crippen LogP contribution is 2.32. The van der Waals surface area contributed by atoms with E-state index in [1.807, 2.05) is 28.0 Å². The van der Waals surface area contributed by atoms with E-state index in [4.69, 9.17) is 9.47 Å². The van der Waals surface area contributed by atoms with Crippen molar-refractivity contribution >= 4 is 21.8 Å². The number of carbonyl (C=O) groups excluding carboxylic acids is 1. The number of amides is 1. The second-order valence-corrected chi connectivity index (χ2v) is 10.6. The number of fused-ring (bicyclic) bond motifs is 1. The number of likely N-dealkylation sites (tertiary alicyclic amines) is 1. The molecule has 2 aromatic rings. The number of rotatable bonds is 5. The number of ether oxygens (including phenoxy) is 2. The normalized spacial score (nSPS) is 21.5. The van der Waals surface area contributed by atoms with E-state index in [0.29, 0.717) is 49.0 Å². The molecule has 3 aliphatic heterocycles. The Morgan fingerprint density at radius 3 is 2.49 bits per heavy atom. The fourth-order valence-electron chi connectivity index (χ4n) is 5.15. The quantitative estimate of drug-likeness (QED) is 0.622. The Morgan fingerprint density at radius 2 is 1.74 bits per heavy atom. The summed E-state index contributed by atoms with van der Waals surface area (Å²) in [5, 5.41) is 0. The average molecular weight is 499 g/mol. The van der Waals surface area contributed by atoms with Crippen molar-refractivity contribution < 1.29 is 22.7 Å². The Labute approximate surface area is 206 Å². The molecule has 186 valence electrons. The molecule has 0 aliphatic carbocycles. The Balaban J connectivity index is 1.24. The van der Waals surface area contributed by atoms with Gasteiger partial charge < -0.3 is 19.3 Å². The molecular weight excluding hydrogens is 468 g/mol. The predicted octanol–water partition coefficient (Wildman–Crippen LogP) is 1.96. The average Bonchev–Trinajstić information content (AvgIpc) is 3.46. The lowest BCUT2D eigenvalue weighted by Crippen LogP contribution is -2.54. The number of benzene rings is 2. The minimum Gasteiger partial charge on any atom is -0.493 e. The number of piperazine rings is 1. The summed E-state index contributed by atoms with van der Waals surface area (Å²) in [5.41, 5.74) is 1.72. The highest BCUT2D eigenvalue weighted by molar-refractivity contribution is 7.90. The van der Waals surface area contributed by atoms with Crippen LogP contribution in [0.5, 0.6) is 11.5 Å². The molecule has 3 aliphatic rings. The lowest BCUT2D eigenvalue weighted by molar-refractivity contribution is -0.136. The smallest absolute Gasteiger partial charge is 0.285 e. The zero-order chi connectivity index (χ0) is 24.6. The van der Waals surface area contributed by atoms with Gasteiger partial charge in [-0.2, -0.15) is 8.42 Å². The zero-order valence-corrected chi connectivity index (χ0v) is 20.8. The topological polar surface area (TPSA) is 91.8 Å². The highest BCUT2D eigenvalue weighted by atomic mass is 32.2. The van der Waals surface area contributed by atoms with Crippen molar-refractivity contribution in [3.05, 3.63) is 53.6 Å². The monoisotopic (exact) mass is 498 g/mol. The molecule has 0 bridgehead atoms. The molecule has 2 aromatic carbocycles. The number of hydrogen-bond donors (Lipinski definition) is 0. The van der Waals surface area contributed by atoms with Gasteiger partial charge in [-0.15, -0.1) is 4.40 Å². The summed E-state index contributed by atoms with van der Waals surface area (Å²) in [4.78, 5) is 19.8. The fraction of sp³-hybridized carbons (Fsp3) is 0.440. The van der Waals surface area contributed by atoms with Crippen LogP contribution in [-0.4, -0.2) is 87.8 Å². The summed E-state index contributed by atoms with van der Waals surface area (Å²) in [6, 6.07) is 12.4. The molecule has 1 atom stereocenters. The summed E-state index contributed by atoms with van der Waals surface area (Å²) in [6.45, 7) is 4.20. The van der Waals surface area contributed by atoms with E-state index in [-0.39, 0.29) is 16.8 Å². The number of amidine groups is 1. The van der Waals surface area contributed by atoms with Gasteiger partial charge in [0.1, 0.15) is 10.9 Å². The third-order valence-electron chi connectivity index (χ3n) is 6.96. The van der Waals surface area contributed by atoms with Crippen LogP contribution >= 0.6 is 0 Å². The van der Waals surface area contributed by atoms with Crippen LogP contribution in [0, 0.1) is 0 Å². The van der Waals surface area contributed by atoms with E-state index in [2.05, 4.69) is 9.30 Å². The molecule has 0 unspecified atom stereocenters. The summed E-state index contributed by atoms with van der Waals surface area (Å²) in [7, 11) is -0.465. The lowest BCUT2D eigenvalue weighted by Gasteiger charge is -2.37. The molecular formula is C25H30N4O5S. The molecule has 0 radical (unpaired) electrons. The maximum atomic E-state index is 13.5. The number of methoxy groups -OCH3 is 2. The van der Waals surface area contributed by atoms with Crippen molar-refractivity contribution in [2.45, 2.75) is 30.3 Å². The van der Waals surface area contributed by atoms with Crippen LogP contribution in [0.4, 0.5) is 0 Å². The van der Waals surface area contributed by atoms with Crippen molar-refractivity contribution in [2.24, 2.45) is 4.40 Å². The molecule has 2 saturated heterocycles. The van der Waals surface area contributed by atoms with Gasteiger partial charge in [0.2, 0.25) is 5.91 Å². The van der Waals surface area contributed by atoms with E-state index in [9.17, 15) is 13.2 Å². The first-order valence-electron chi connectivity index (χ1n) is 11.8. The maximum absolute atomic E-state index is 13.5. The van der Waals surface area contributed by atoms with Crippen LogP contribution in [0.2, 0.25) is 0 Å². The number of sulfonamides is 1. The molecule has 2 fully saturated rings. The van der Waals surface area contributed by atoms with Crippen LogP contribution in [-0.2, 0) is 21.4 Å². The van der Waals surface area contributed by atoms with Gasteiger partial charge in [-0.25, -0.2) is 0 Å². The van der Waals surface area contributed by atoms with Gasteiger partial charge in [0, 0.05) is 44.8 Å². The molecule has 10 heteroatoms. The van der Waals surface area contributed by atoms with Crippen molar-refractivity contribution in [3.8, 4) is 11.5 Å². The molecule has 0 N–H and O–H groups in total. The van der Waals surface area contributed by atoms with Crippen LogP contribution in [0.25, 0.3) is 0 Å². The zero-order valence-electron chi connectivity index (χ0n) is 20.0. The first-order valence-corrected chi connectivity index (χ1v) is 13.3. The SMILES string of the molecule is COc1ccc(CN2CCN(C(=O)[C@@H]3CCCN3C3=NS(=O)(=O)c4ccccc43)CC2)cc1OC. The highest BCUT2D eigenvalue weighted by Gasteiger charge is 2.41. The Morgan fingerprint density at radius 1 is 1.00 bits per heavy atom. The van der Waals surface area contributed by atoms with Crippen molar-refractivity contribution in [1.29, 1.82) is 0 Å². The summed E-state index contributed by atoms with van der Waals surface area (Å²) >= 11 is 0. The second kappa shape index (κ2) is 9.50. The molecule has 5 rings (SSSR count). The van der Waals surface area contributed by atoms with Crippen LogP contribution in [0.1, 0.15) is 24.0 Å². The molecule has 0 aromatic heterocycles. The predicted molar refractivity (Wildman–Crippen MR) is 131 cm³/mol. The van der Waals surface area contributed by atoms with Crippen LogP contribution in [0.15, 0.2) is 51.8 Å². The van der Waals surface area contributed by atoms with Crippen molar-refractivity contribution in [1.82, 2.24) is 14.7 Å². The lowest BCUT2D eigenvalue weighted by atomic mass is 10.1. The second-order valence-electron chi connectivity index (χ2n) is 9.03. The van der Waals surface area contributed by atoms with Gasteiger partial charge in [-0.1, -0.05) is 18.2 Å². The fourth-order valence-corrected chi connectivity index (χ4v) is 6.36. The minimum atomic E-state index is -3.71. The largest absolute Gasteiger partial charge is 0.493 e. The van der Waals surface area contributed by atoms with Gasteiger partial charge in [0.05, 0.1) is 14.2 Å². The Hall–Kier alpha value is -3.11. The van der Waals surface area contributed by atoms with E-state index in [1.165, 1.54) is 0 Å². The van der Waals surface area contributed by atoms with E-state index < -0.39 is 10.0 Å². The van der Waals surface area contributed by atoms with Crippen molar-refractivity contribution in [2.75, 3.05) is 46.9 Å². The van der Waals surface area contributed by atoms with E-state index in [0.717, 1.165) is 31.6 Å². The molecule has 0 saturated carbocycles. The number of carbonyl (C=O) groups is 1. The maximum Gasteiger partial charge on any atom is 0.285 e. The Kier molecular flexibility index (Phi) is 6.41. The van der Waals surface area contributed by atoms with Gasteiger partial charge in [0.15, 0.2) is 17.3 Å². The van der Waals surface area contributed by atoms with E-state index in [1.54, 1.807) is 38.5 Å². The first kappa shape index (κ1) is 23.6. The van der Waals surface area contributed by atoms with Gasteiger partial charge in [-0.3, -0.25) is 9.69 Å². The van der Waals surface area contributed by atoms with Gasteiger partial charge in [-0.05, 0) is 42.7 Å². The minimum absolute atomic E-state index is 0.0535. The number of nitrogens with zero attached hydrogens (tertiary/aromatic N) is 4. The number of hydrogen-bond acceptors (Lipinski definition) is 7. The standard InChI is InChI=1S/C25H30N4O5S/c1-33-21-10-9-18(16-22(21)34-2)17-27-12-14-28(15-13-27)25(30)20-7-5-11-29(20)24-19-6-3-4-8-23(19)35(31,32)26-24/h3-4,6,8-10,16,20H,5,7,11-15,17H2,1-2H3/t20-/m0/s1. The third kappa shape index (κ3) is 4.48. The molecule has 35 heavy (non-hydrogen) atoms. The summed E-state index contributed by atoms with van der Waals surface area (Å²) in [6.07, 6.45) is 1.53. The van der Waals surface area contributed by atoms with Crippen LogP contribution < -0.4 is 9.47 Å². The first-order chi connectivity index (χ1) is 16.9. The molecule has 3 heterocycles. The molecule has 9 nitrogen and oxygen atoms in total. The Bertz CT molecular complexity index is 1250. The van der Waals surface area contributed by atoms with Gasteiger partial charge >= 0.3 is 0 Å². The van der Waals surface area contributed by atoms with Crippen LogP contribution in [0.3, 0.4) is 0 Å². The summed E-state index contributed by atoms with van der Waals surface area (Å²) < 4.78 is 39.8.